The molecule has 6 heteroatoms. The number of halogens is 1. The maximum Gasteiger partial charge on any atom is 0.243 e. The van der Waals surface area contributed by atoms with Gasteiger partial charge in [0.05, 0.1) is 11.5 Å². The third-order valence-electron chi connectivity index (χ3n) is 2.63. The highest BCUT2D eigenvalue weighted by Gasteiger charge is 2.27. The van der Waals surface area contributed by atoms with Gasteiger partial charge in [0.15, 0.2) is 0 Å². The van der Waals surface area contributed by atoms with E-state index in [-0.39, 0.29) is 10.9 Å². The van der Waals surface area contributed by atoms with Crippen LogP contribution >= 0.6 is 0 Å². The van der Waals surface area contributed by atoms with Crippen LogP contribution in [0.25, 0.3) is 0 Å². The quantitative estimate of drug-likeness (QED) is 0.796. The van der Waals surface area contributed by atoms with Crippen molar-refractivity contribution < 1.29 is 17.5 Å². The summed E-state index contributed by atoms with van der Waals surface area (Å²) < 4.78 is 43.8. The number of hydrogen-bond donors (Lipinski definition) is 0. The summed E-state index contributed by atoms with van der Waals surface area (Å²) in [5.41, 5.74) is 0. The predicted molar refractivity (Wildman–Crippen MR) is 67.3 cm³/mol. The molecular weight excluding hydrogens is 257 g/mol. The first-order chi connectivity index (χ1) is 8.43. The van der Waals surface area contributed by atoms with Crippen molar-refractivity contribution >= 4 is 10.0 Å². The van der Waals surface area contributed by atoms with Gasteiger partial charge in [-0.25, -0.2) is 12.8 Å². The molecule has 0 aliphatic carbocycles. The van der Waals surface area contributed by atoms with Gasteiger partial charge in [0.25, 0.3) is 0 Å². The van der Waals surface area contributed by atoms with Crippen LogP contribution in [0.15, 0.2) is 29.2 Å². The van der Waals surface area contributed by atoms with Crippen LogP contribution < -0.4 is 0 Å². The molecule has 0 amide bonds. The molecule has 0 spiro atoms. The molecule has 0 radical (unpaired) electrons. The van der Waals surface area contributed by atoms with Gasteiger partial charge in [-0.05, 0) is 31.2 Å². The summed E-state index contributed by atoms with van der Waals surface area (Å²) in [4.78, 5) is 0.0914. The molecule has 0 saturated carbocycles. The van der Waals surface area contributed by atoms with Crippen molar-refractivity contribution in [1.29, 1.82) is 0 Å². The van der Waals surface area contributed by atoms with Crippen LogP contribution in [0.1, 0.15) is 13.8 Å². The van der Waals surface area contributed by atoms with Crippen LogP contribution in [0.3, 0.4) is 0 Å². The number of sulfonamides is 1. The Balaban J connectivity index is 3.06. The number of methoxy groups -OCH3 is 1. The van der Waals surface area contributed by atoms with E-state index in [1.54, 1.807) is 13.8 Å². The smallest absolute Gasteiger partial charge is 0.243 e. The highest BCUT2D eigenvalue weighted by Crippen LogP contribution is 2.18. The van der Waals surface area contributed by atoms with E-state index >= 15 is 0 Å². The molecule has 0 aliphatic rings. The van der Waals surface area contributed by atoms with Gasteiger partial charge in [0, 0.05) is 19.7 Å². The van der Waals surface area contributed by atoms with Gasteiger partial charge in [-0.1, -0.05) is 6.92 Å². The van der Waals surface area contributed by atoms with E-state index in [1.807, 2.05) is 0 Å². The zero-order chi connectivity index (χ0) is 13.8. The molecule has 4 nitrogen and oxygen atoms in total. The van der Waals surface area contributed by atoms with E-state index in [4.69, 9.17) is 4.74 Å². The van der Waals surface area contributed by atoms with Gasteiger partial charge in [0.2, 0.25) is 10.0 Å². The summed E-state index contributed by atoms with van der Waals surface area (Å²) in [6, 6.07) is 4.55. The van der Waals surface area contributed by atoms with E-state index in [9.17, 15) is 12.8 Å². The second-order valence-corrected chi connectivity index (χ2v) is 5.86. The Morgan fingerprint density at radius 2 is 1.89 bits per heavy atom. The third-order valence-corrected chi connectivity index (χ3v) is 4.73. The molecule has 18 heavy (non-hydrogen) atoms. The molecule has 1 aromatic rings. The predicted octanol–water partition coefficient (Wildman–Crippen LogP) is 1.87. The first kappa shape index (κ1) is 15.1. The Morgan fingerprint density at radius 3 is 2.33 bits per heavy atom. The first-order valence-corrected chi connectivity index (χ1v) is 7.13. The Morgan fingerprint density at radius 1 is 1.33 bits per heavy atom. The average Bonchev–Trinajstić information content (AvgIpc) is 2.30. The lowest BCUT2D eigenvalue weighted by atomic mass is 10.3. The normalized spacial score (nSPS) is 13.8. The van der Waals surface area contributed by atoms with Gasteiger partial charge >= 0.3 is 0 Å². The standard InChI is InChI=1S/C12H18FNO3S/c1-4-14(10(2)9-17-3)18(15,16)12-7-5-11(13)6-8-12/h5-8,10H,4,9H2,1-3H3. The fourth-order valence-corrected chi connectivity index (χ4v) is 3.41. The zero-order valence-corrected chi connectivity index (χ0v) is 11.6. The van der Waals surface area contributed by atoms with Crippen molar-refractivity contribution in [2.75, 3.05) is 20.3 Å². The second kappa shape index (κ2) is 6.26. The molecule has 0 saturated heterocycles. The molecule has 1 aromatic carbocycles. The van der Waals surface area contributed by atoms with E-state index in [1.165, 1.54) is 23.5 Å². The molecule has 0 aromatic heterocycles. The van der Waals surface area contributed by atoms with Crippen molar-refractivity contribution in [3.63, 3.8) is 0 Å². The minimum absolute atomic E-state index is 0.0914. The van der Waals surface area contributed by atoms with Gasteiger partial charge < -0.3 is 4.74 Å². The Kier molecular flexibility index (Phi) is 5.25. The van der Waals surface area contributed by atoms with E-state index in [0.717, 1.165) is 12.1 Å². The van der Waals surface area contributed by atoms with Crippen molar-refractivity contribution in [3.8, 4) is 0 Å². The lowest BCUT2D eigenvalue weighted by molar-refractivity contribution is 0.142. The van der Waals surface area contributed by atoms with Crippen molar-refractivity contribution in [3.05, 3.63) is 30.1 Å². The molecule has 102 valence electrons. The molecule has 0 N–H and O–H groups in total. The topological polar surface area (TPSA) is 46.6 Å². The Bertz CT molecular complexity index is 473. The van der Waals surface area contributed by atoms with Crippen LogP contribution in [0.2, 0.25) is 0 Å². The largest absolute Gasteiger partial charge is 0.383 e. The number of rotatable bonds is 6. The van der Waals surface area contributed by atoms with Crippen LogP contribution in [0.4, 0.5) is 4.39 Å². The van der Waals surface area contributed by atoms with Gasteiger partial charge in [-0.3, -0.25) is 0 Å². The summed E-state index contributed by atoms with van der Waals surface area (Å²) in [6.07, 6.45) is 0. The van der Waals surface area contributed by atoms with E-state index in [0.29, 0.717) is 13.2 Å². The molecule has 0 aliphatic heterocycles. The molecule has 1 unspecified atom stereocenters. The van der Waals surface area contributed by atoms with Crippen LogP contribution in [0, 0.1) is 5.82 Å². The van der Waals surface area contributed by atoms with Gasteiger partial charge in [0.1, 0.15) is 5.82 Å². The molecule has 0 bridgehead atoms. The average molecular weight is 275 g/mol. The minimum Gasteiger partial charge on any atom is -0.383 e. The summed E-state index contributed by atoms with van der Waals surface area (Å²) in [5, 5.41) is 0. The third kappa shape index (κ3) is 3.28. The summed E-state index contributed by atoms with van der Waals surface area (Å²) in [7, 11) is -2.08. The highest BCUT2D eigenvalue weighted by atomic mass is 32.2. The molecule has 1 rings (SSSR count). The fourth-order valence-electron chi connectivity index (χ4n) is 1.78. The van der Waals surface area contributed by atoms with Crippen LogP contribution in [-0.4, -0.2) is 39.0 Å². The van der Waals surface area contributed by atoms with Gasteiger partial charge in [-0.2, -0.15) is 4.31 Å². The van der Waals surface area contributed by atoms with E-state index in [2.05, 4.69) is 0 Å². The molecule has 0 fully saturated rings. The fraction of sp³-hybridized carbons (Fsp3) is 0.500. The monoisotopic (exact) mass is 275 g/mol. The Hall–Kier alpha value is -0.980. The van der Waals surface area contributed by atoms with Crippen LogP contribution in [0.5, 0.6) is 0 Å². The highest BCUT2D eigenvalue weighted by molar-refractivity contribution is 7.89. The van der Waals surface area contributed by atoms with Crippen molar-refractivity contribution in [2.24, 2.45) is 0 Å². The molecule has 0 heterocycles. The number of likely N-dealkylation sites (N-methyl/N-ethyl adjacent to an activating group) is 1. The van der Waals surface area contributed by atoms with Gasteiger partial charge in [-0.15, -0.1) is 0 Å². The molecule has 1 atom stereocenters. The minimum atomic E-state index is -3.60. The summed E-state index contributed by atoms with van der Waals surface area (Å²) >= 11 is 0. The second-order valence-electron chi connectivity index (χ2n) is 3.97. The lowest BCUT2D eigenvalue weighted by Crippen LogP contribution is -2.40. The summed E-state index contributed by atoms with van der Waals surface area (Å²) in [6.45, 7) is 4.18. The SMILES string of the molecule is CCN(C(C)COC)S(=O)(=O)c1ccc(F)cc1. The van der Waals surface area contributed by atoms with E-state index < -0.39 is 15.8 Å². The number of hydrogen-bond acceptors (Lipinski definition) is 3. The van der Waals surface area contributed by atoms with Crippen molar-refractivity contribution in [1.82, 2.24) is 4.31 Å². The molecular formula is C12H18FNO3S. The first-order valence-electron chi connectivity index (χ1n) is 5.69. The van der Waals surface area contributed by atoms with Crippen LogP contribution in [-0.2, 0) is 14.8 Å². The lowest BCUT2D eigenvalue weighted by Gasteiger charge is -2.26. The number of ether oxygens (including phenoxy) is 1. The maximum atomic E-state index is 12.8. The summed E-state index contributed by atoms with van der Waals surface area (Å²) in [5.74, 6) is -0.457. The zero-order valence-electron chi connectivity index (χ0n) is 10.8. The van der Waals surface area contributed by atoms with Crippen molar-refractivity contribution in [2.45, 2.75) is 24.8 Å². The number of benzene rings is 1. The number of nitrogens with zero attached hydrogens (tertiary/aromatic N) is 1. The maximum absolute atomic E-state index is 12.8. The Labute approximate surface area is 107 Å².